The second kappa shape index (κ2) is 12.7. The first-order valence-electron chi connectivity index (χ1n) is 12.2. The van der Waals surface area contributed by atoms with Crippen LogP contribution < -0.4 is 0 Å². The third kappa shape index (κ3) is 7.43. The van der Waals surface area contributed by atoms with E-state index >= 15 is 0 Å². The number of allylic oxidation sites excluding steroid dienone is 1. The van der Waals surface area contributed by atoms with Crippen LogP contribution in [0.5, 0.6) is 0 Å². The molecule has 30 heavy (non-hydrogen) atoms. The van der Waals surface area contributed by atoms with Gasteiger partial charge in [-0.3, -0.25) is 0 Å². The molecule has 2 aromatic rings. The Labute approximate surface area is 184 Å². The summed E-state index contributed by atoms with van der Waals surface area (Å²) in [6.45, 7) is 7.71. The Morgan fingerprint density at radius 3 is 2.03 bits per heavy atom. The van der Waals surface area contributed by atoms with Crippen molar-refractivity contribution in [1.29, 1.82) is 0 Å². The van der Waals surface area contributed by atoms with Gasteiger partial charge < -0.3 is 4.74 Å². The molecule has 0 N–H and O–H groups in total. The molecule has 0 bridgehead atoms. The van der Waals surface area contributed by atoms with Gasteiger partial charge in [-0.1, -0.05) is 87.2 Å². The fourth-order valence-electron chi connectivity index (χ4n) is 4.66. The van der Waals surface area contributed by atoms with Crippen molar-refractivity contribution < 1.29 is 4.74 Å². The lowest BCUT2D eigenvalue weighted by atomic mass is 9.78. The van der Waals surface area contributed by atoms with E-state index in [1.54, 1.807) is 0 Å². The lowest BCUT2D eigenvalue weighted by molar-refractivity contribution is 0.117. The number of benzene rings is 2. The Bertz CT molecular complexity index is 720. The third-order valence-electron chi connectivity index (χ3n) is 6.71. The monoisotopic (exact) mass is 404 g/mol. The number of ether oxygens (including phenoxy) is 1. The molecule has 1 aliphatic rings. The summed E-state index contributed by atoms with van der Waals surface area (Å²) >= 11 is 0. The summed E-state index contributed by atoms with van der Waals surface area (Å²) in [4.78, 5) is 0. The summed E-state index contributed by atoms with van der Waals surface area (Å²) in [6.07, 6.45) is 15.1. The van der Waals surface area contributed by atoms with Crippen LogP contribution in [0, 0.1) is 11.8 Å². The lowest BCUT2D eigenvalue weighted by Crippen LogP contribution is -2.14. The van der Waals surface area contributed by atoms with Crippen molar-refractivity contribution in [2.75, 3.05) is 6.61 Å². The maximum Gasteiger partial charge on any atom is 0.0716 e. The van der Waals surface area contributed by atoms with Crippen LogP contribution in [0.15, 0.2) is 61.2 Å². The highest BCUT2D eigenvalue weighted by Gasteiger charge is 2.19. The van der Waals surface area contributed by atoms with Gasteiger partial charge in [0.2, 0.25) is 0 Å². The zero-order chi connectivity index (χ0) is 21.0. The van der Waals surface area contributed by atoms with Gasteiger partial charge in [-0.25, -0.2) is 0 Å². The van der Waals surface area contributed by atoms with E-state index in [9.17, 15) is 0 Å². The highest BCUT2D eigenvalue weighted by molar-refractivity contribution is 5.63. The summed E-state index contributed by atoms with van der Waals surface area (Å²) in [5.74, 6) is 1.82. The number of rotatable bonds is 12. The van der Waals surface area contributed by atoms with Gasteiger partial charge in [-0.15, -0.1) is 6.58 Å². The van der Waals surface area contributed by atoms with Crippen LogP contribution in [0.4, 0.5) is 0 Å². The molecule has 0 amide bonds. The van der Waals surface area contributed by atoms with Gasteiger partial charge in [0.1, 0.15) is 0 Å². The van der Waals surface area contributed by atoms with Gasteiger partial charge in [0.05, 0.1) is 6.61 Å². The van der Waals surface area contributed by atoms with Gasteiger partial charge in [-0.05, 0) is 72.6 Å². The molecule has 1 saturated carbocycles. The van der Waals surface area contributed by atoms with Crippen LogP contribution in [0.25, 0.3) is 11.1 Å². The maximum atomic E-state index is 5.77. The summed E-state index contributed by atoms with van der Waals surface area (Å²) < 4.78 is 5.77. The van der Waals surface area contributed by atoms with Gasteiger partial charge in [0.15, 0.2) is 0 Å². The van der Waals surface area contributed by atoms with Crippen molar-refractivity contribution in [3.63, 3.8) is 0 Å². The van der Waals surface area contributed by atoms with Gasteiger partial charge >= 0.3 is 0 Å². The lowest BCUT2D eigenvalue weighted by Gasteiger charge is -2.27. The average molecular weight is 405 g/mol. The molecular formula is C29H40O. The normalized spacial score (nSPS) is 19.0. The van der Waals surface area contributed by atoms with E-state index < -0.39 is 0 Å². The molecule has 1 nitrogen and oxygen atoms in total. The Morgan fingerprint density at radius 2 is 1.43 bits per heavy atom. The zero-order valence-corrected chi connectivity index (χ0v) is 19.0. The second-order valence-corrected chi connectivity index (χ2v) is 9.10. The van der Waals surface area contributed by atoms with Gasteiger partial charge in [-0.2, -0.15) is 0 Å². The van der Waals surface area contributed by atoms with E-state index in [0.717, 1.165) is 31.5 Å². The second-order valence-electron chi connectivity index (χ2n) is 9.10. The van der Waals surface area contributed by atoms with Crippen molar-refractivity contribution in [3.05, 3.63) is 72.3 Å². The molecule has 0 atom stereocenters. The minimum atomic E-state index is 0.721. The minimum absolute atomic E-state index is 0.721. The van der Waals surface area contributed by atoms with E-state index in [0.29, 0.717) is 0 Å². The predicted octanol–water partition coefficient (Wildman–Crippen LogP) is 8.38. The van der Waals surface area contributed by atoms with Crippen LogP contribution in [-0.2, 0) is 17.8 Å². The van der Waals surface area contributed by atoms with Crippen molar-refractivity contribution >= 4 is 0 Å². The van der Waals surface area contributed by atoms with Crippen LogP contribution >= 0.6 is 0 Å². The molecule has 2 aromatic carbocycles. The number of hydrogen-bond acceptors (Lipinski definition) is 1. The molecule has 0 heterocycles. The number of unbranched alkanes of at least 4 members (excludes halogenated alkanes) is 2. The molecule has 0 unspecified atom stereocenters. The van der Waals surface area contributed by atoms with Gasteiger partial charge in [0.25, 0.3) is 0 Å². The molecule has 0 aliphatic heterocycles. The van der Waals surface area contributed by atoms with E-state index in [1.165, 1.54) is 80.0 Å². The Kier molecular flexibility index (Phi) is 9.70. The van der Waals surface area contributed by atoms with E-state index in [-0.39, 0.29) is 0 Å². The first-order valence-corrected chi connectivity index (χ1v) is 12.2. The fraction of sp³-hybridized carbons (Fsp3) is 0.517. The third-order valence-corrected chi connectivity index (χ3v) is 6.71. The van der Waals surface area contributed by atoms with Crippen molar-refractivity contribution in [3.8, 4) is 11.1 Å². The largest absolute Gasteiger partial charge is 0.377 e. The first-order chi connectivity index (χ1) is 14.8. The molecule has 0 spiro atoms. The molecule has 1 heteroatoms. The summed E-state index contributed by atoms with van der Waals surface area (Å²) in [5.41, 5.74) is 5.33. The number of aryl methyl sites for hydroxylation is 1. The standard InChI is InChI=1S/C29H40O/c1-3-5-6-22-30-23-27-16-20-29(21-17-27)28-18-14-26(15-19-28)13-12-25-10-8-24(7-4-2)9-11-25/h4,14-21,24-25H,2-3,5-13,22-23H2,1H3/t24-,25-. The summed E-state index contributed by atoms with van der Waals surface area (Å²) in [5, 5.41) is 0. The minimum Gasteiger partial charge on any atom is -0.377 e. The van der Waals surface area contributed by atoms with E-state index in [2.05, 4.69) is 68.1 Å². The van der Waals surface area contributed by atoms with Crippen molar-refractivity contribution in [1.82, 2.24) is 0 Å². The number of hydrogen-bond donors (Lipinski definition) is 0. The van der Waals surface area contributed by atoms with E-state index in [4.69, 9.17) is 4.74 Å². The topological polar surface area (TPSA) is 9.23 Å². The summed E-state index contributed by atoms with van der Waals surface area (Å²) in [6, 6.07) is 18.1. The first kappa shape index (κ1) is 22.8. The van der Waals surface area contributed by atoms with Gasteiger partial charge in [0, 0.05) is 6.61 Å². The molecular weight excluding hydrogens is 364 g/mol. The van der Waals surface area contributed by atoms with Crippen LogP contribution in [0.2, 0.25) is 0 Å². The molecule has 162 valence electrons. The molecule has 0 radical (unpaired) electrons. The molecule has 3 rings (SSSR count). The predicted molar refractivity (Wildman–Crippen MR) is 130 cm³/mol. The van der Waals surface area contributed by atoms with Crippen LogP contribution in [-0.4, -0.2) is 6.61 Å². The Balaban J connectivity index is 1.42. The average Bonchev–Trinajstić information content (AvgIpc) is 2.79. The Hall–Kier alpha value is -1.86. The highest BCUT2D eigenvalue weighted by atomic mass is 16.5. The fourth-order valence-corrected chi connectivity index (χ4v) is 4.66. The quantitative estimate of drug-likeness (QED) is 0.255. The Morgan fingerprint density at radius 1 is 0.833 bits per heavy atom. The van der Waals surface area contributed by atoms with Crippen LogP contribution in [0.3, 0.4) is 0 Å². The molecule has 0 aromatic heterocycles. The molecule has 1 fully saturated rings. The zero-order valence-electron chi connectivity index (χ0n) is 19.0. The van der Waals surface area contributed by atoms with Crippen molar-refractivity contribution in [2.24, 2.45) is 11.8 Å². The summed E-state index contributed by atoms with van der Waals surface area (Å²) in [7, 11) is 0. The molecule has 0 saturated heterocycles. The van der Waals surface area contributed by atoms with Crippen LogP contribution in [0.1, 0.15) is 75.8 Å². The smallest absolute Gasteiger partial charge is 0.0716 e. The molecule has 1 aliphatic carbocycles. The highest BCUT2D eigenvalue weighted by Crippen LogP contribution is 2.33. The SMILES string of the molecule is C=CC[C@H]1CC[C@H](CCc2ccc(-c3ccc(COCCCCC)cc3)cc2)CC1. The maximum absolute atomic E-state index is 5.77. The van der Waals surface area contributed by atoms with Crippen molar-refractivity contribution in [2.45, 2.75) is 77.7 Å². The van der Waals surface area contributed by atoms with E-state index in [1.807, 2.05) is 0 Å².